The van der Waals surface area contributed by atoms with Crippen molar-refractivity contribution in [2.75, 3.05) is 13.1 Å². The van der Waals surface area contributed by atoms with Crippen LogP contribution < -0.4 is 5.32 Å². The van der Waals surface area contributed by atoms with Crippen LogP contribution in [-0.2, 0) is 6.54 Å². The number of rotatable bonds is 3. The zero-order valence-electron chi connectivity index (χ0n) is 14.4. The third-order valence-electron chi connectivity index (χ3n) is 5.76. The van der Waals surface area contributed by atoms with Gasteiger partial charge in [0.1, 0.15) is 0 Å². The fourth-order valence-corrected chi connectivity index (χ4v) is 4.57. The summed E-state index contributed by atoms with van der Waals surface area (Å²) in [6.07, 6.45) is 5.39. The maximum absolute atomic E-state index is 3.91. The molecule has 126 valence electrons. The average Bonchev–Trinajstić information content (AvgIpc) is 2.93. The minimum Gasteiger partial charge on any atom is -0.312 e. The van der Waals surface area contributed by atoms with Gasteiger partial charge in [-0.3, -0.25) is 4.90 Å². The molecule has 2 aliphatic heterocycles. The summed E-state index contributed by atoms with van der Waals surface area (Å²) in [7, 11) is 0. The van der Waals surface area contributed by atoms with E-state index < -0.39 is 0 Å². The molecular weight excluding hydrogens is 292 g/mol. The Morgan fingerprint density at radius 2 is 1.62 bits per heavy atom. The third-order valence-corrected chi connectivity index (χ3v) is 5.76. The SMILES string of the molecule is c1ccc(CN2C[C@@H](c3ccccc3)[C@@H]3NCCCCC[C@H]32)cc1. The molecule has 2 heterocycles. The number of nitrogens with zero attached hydrogens (tertiary/aromatic N) is 1. The number of hydrogen-bond acceptors (Lipinski definition) is 2. The normalized spacial score (nSPS) is 28.1. The van der Waals surface area contributed by atoms with E-state index in [4.69, 9.17) is 0 Å². The first-order valence-electron chi connectivity index (χ1n) is 9.48. The zero-order valence-corrected chi connectivity index (χ0v) is 14.4. The van der Waals surface area contributed by atoms with E-state index in [0.717, 1.165) is 6.54 Å². The lowest BCUT2D eigenvalue weighted by Crippen LogP contribution is -2.45. The van der Waals surface area contributed by atoms with E-state index in [1.54, 1.807) is 0 Å². The van der Waals surface area contributed by atoms with E-state index in [9.17, 15) is 0 Å². The summed E-state index contributed by atoms with van der Waals surface area (Å²) in [6, 6.07) is 23.4. The van der Waals surface area contributed by atoms with Crippen molar-refractivity contribution in [1.82, 2.24) is 10.2 Å². The predicted octanol–water partition coefficient (Wildman–Crippen LogP) is 4.19. The Morgan fingerprint density at radius 1 is 0.875 bits per heavy atom. The number of hydrogen-bond donors (Lipinski definition) is 1. The van der Waals surface area contributed by atoms with Crippen LogP contribution in [0.15, 0.2) is 60.7 Å². The minimum absolute atomic E-state index is 0.594. The summed E-state index contributed by atoms with van der Waals surface area (Å²) < 4.78 is 0. The number of nitrogens with one attached hydrogen (secondary N) is 1. The Balaban J connectivity index is 1.59. The molecule has 2 saturated heterocycles. The van der Waals surface area contributed by atoms with Crippen molar-refractivity contribution >= 4 is 0 Å². The van der Waals surface area contributed by atoms with Crippen molar-refractivity contribution in [3.05, 3.63) is 71.8 Å². The van der Waals surface area contributed by atoms with Gasteiger partial charge in [-0.2, -0.15) is 0 Å². The first-order valence-corrected chi connectivity index (χ1v) is 9.48. The van der Waals surface area contributed by atoms with E-state index in [-0.39, 0.29) is 0 Å². The van der Waals surface area contributed by atoms with Crippen molar-refractivity contribution in [3.63, 3.8) is 0 Å². The molecule has 0 amide bonds. The lowest BCUT2D eigenvalue weighted by atomic mass is 9.88. The molecule has 0 unspecified atom stereocenters. The first-order chi connectivity index (χ1) is 11.9. The second-order valence-electron chi connectivity index (χ2n) is 7.33. The number of benzene rings is 2. The molecule has 24 heavy (non-hydrogen) atoms. The van der Waals surface area contributed by atoms with Gasteiger partial charge in [-0.25, -0.2) is 0 Å². The first kappa shape index (κ1) is 15.9. The summed E-state index contributed by atoms with van der Waals surface area (Å²) in [4.78, 5) is 2.73. The fraction of sp³-hybridized carbons (Fsp3) is 0.455. The third kappa shape index (κ3) is 3.40. The monoisotopic (exact) mass is 320 g/mol. The van der Waals surface area contributed by atoms with E-state index in [1.807, 2.05) is 0 Å². The summed E-state index contributed by atoms with van der Waals surface area (Å²) in [5.74, 6) is 0.609. The fourth-order valence-electron chi connectivity index (χ4n) is 4.57. The van der Waals surface area contributed by atoms with Crippen LogP contribution in [0.3, 0.4) is 0 Å². The maximum atomic E-state index is 3.91. The van der Waals surface area contributed by atoms with Gasteiger partial charge in [0.2, 0.25) is 0 Å². The molecular formula is C22H28N2. The van der Waals surface area contributed by atoms with Crippen LogP contribution in [0.1, 0.15) is 42.7 Å². The van der Waals surface area contributed by atoms with Gasteiger partial charge in [-0.05, 0) is 30.5 Å². The van der Waals surface area contributed by atoms with Crippen molar-refractivity contribution in [1.29, 1.82) is 0 Å². The van der Waals surface area contributed by atoms with E-state index in [2.05, 4.69) is 70.9 Å². The van der Waals surface area contributed by atoms with Crippen LogP contribution in [-0.4, -0.2) is 30.1 Å². The molecule has 3 atom stereocenters. The molecule has 2 heteroatoms. The van der Waals surface area contributed by atoms with Gasteiger partial charge in [0.25, 0.3) is 0 Å². The molecule has 1 N–H and O–H groups in total. The number of likely N-dealkylation sites (tertiary alicyclic amines) is 1. The second-order valence-corrected chi connectivity index (χ2v) is 7.33. The smallest absolute Gasteiger partial charge is 0.0304 e. The van der Waals surface area contributed by atoms with Crippen molar-refractivity contribution in [2.24, 2.45) is 0 Å². The molecule has 0 saturated carbocycles. The highest BCUT2D eigenvalue weighted by molar-refractivity contribution is 5.26. The molecule has 2 aromatic rings. The van der Waals surface area contributed by atoms with Gasteiger partial charge in [0.15, 0.2) is 0 Å². The zero-order chi connectivity index (χ0) is 16.2. The summed E-state index contributed by atoms with van der Waals surface area (Å²) in [5.41, 5.74) is 2.93. The van der Waals surface area contributed by atoms with Crippen molar-refractivity contribution in [3.8, 4) is 0 Å². The highest BCUT2D eigenvalue weighted by Crippen LogP contribution is 2.36. The summed E-state index contributed by atoms with van der Waals surface area (Å²) in [6.45, 7) is 3.41. The van der Waals surface area contributed by atoms with Crippen molar-refractivity contribution in [2.45, 2.75) is 50.2 Å². The largest absolute Gasteiger partial charge is 0.312 e. The summed E-state index contributed by atoms with van der Waals surface area (Å²) in [5, 5.41) is 3.91. The molecule has 0 aromatic heterocycles. The Hall–Kier alpha value is -1.64. The Morgan fingerprint density at radius 3 is 2.42 bits per heavy atom. The molecule has 0 bridgehead atoms. The van der Waals surface area contributed by atoms with Crippen LogP contribution >= 0.6 is 0 Å². The van der Waals surface area contributed by atoms with Gasteiger partial charge in [-0.15, -0.1) is 0 Å². The minimum atomic E-state index is 0.594. The molecule has 0 radical (unpaired) electrons. The lowest BCUT2D eigenvalue weighted by molar-refractivity contribution is 0.204. The highest BCUT2D eigenvalue weighted by Gasteiger charge is 2.41. The molecule has 0 spiro atoms. The van der Waals surface area contributed by atoms with Crippen molar-refractivity contribution < 1.29 is 0 Å². The van der Waals surface area contributed by atoms with Crippen LogP contribution in [0.25, 0.3) is 0 Å². The summed E-state index contributed by atoms with van der Waals surface area (Å²) >= 11 is 0. The van der Waals surface area contributed by atoms with Crippen LogP contribution in [0.5, 0.6) is 0 Å². The predicted molar refractivity (Wildman–Crippen MR) is 100 cm³/mol. The van der Waals surface area contributed by atoms with Gasteiger partial charge >= 0.3 is 0 Å². The maximum Gasteiger partial charge on any atom is 0.0304 e. The number of fused-ring (bicyclic) bond motifs is 1. The van der Waals surface area contributed by atoms with Gasteiger partial charge in [0.05, 0.1) is 0 Å². The highest BCUT2D eigenvalue weighted by atomic mass is 15.2. The van der Waals surface area contributed by atoms with E-state index in [1.165, 1.54) is 49.9 Å². The average molecular weight is 320 g/mol. The lowest BCUT2D eigenvalue weighted by Gasteiger charge is -2.31. The molecule has 4 rings (SSSR count). The topological polar surface area (TPSA) is 15.3 Å². The Bertz CT molecular complexity index is 625. The van der Waals surface area contributed by atoms with E-state index in [0.29, 0.717) is 18.0 Å². The molecule has 2 aliphatic rings. The molecule has 0 aliphatic carbocycles. The van der Waals surface area contributed by atoms with Crippen LogP contribution in [0.4, 0.5) is 0 Å². The Labute approximate surface area is 145 Å². The molecule has 2 fully saturated rings. The quantitative estimate of drug-likeness (QED) is 0.912. The second kappa shape index (κ2) is 7.50. The van der Waals surface area contributed by atoms with Gasteiger partial charge in [0, 0.05) is 31.1 Å². The van der Waals surface area contributed by atoms with Crippen LogP contribution in [0.2, 0.25) is 0 Å². The van der Waals surface area contributed by atoms with Crippen LogP contribution in [0, 0.1) is 0 Å². The van der Waals surface area contributed by atoms with Gasteiger partial charge in [-0.1, -0.05) is 73.5 Å². The molecule has 2 aromatic carbocycles. The van der Waals surface area contributed by atoms with Gasteiger partial charge < -0.3 is 5.32 Å². The molecule has 2 nitrogen and oxygen atoms in total. The standard InChI is InChI=1S/C22H28N2/c1-4-10-18(11-5-1)16-24-17-20(19-12-6-2-7-13-19)22-21(24)14-8-3-9-15-23-22/h1-2,4-7,10-13,20-23H,3,8-9,14-17H2/t20-,21+,22-/m0/s1. The Kier molecular flexibility index (Phi) is 4.96. The van der Waals surface area contributed by atoms with E-state index >= 15 is 0 Å².